The molecular formula is C21H20N5O4+. The summed E-state index contributed by atoms with van der Waals surface area (Å²) in [6.45, 7) is 4.80. The van der Waals surface area contributed by atoms with Gasteiger partial charge in [-0.25, -0.2) is 19.1 Å². The van der Waals surface area contributed by atoms with E-state index in [1.807, 2.05) is 30.5 Å². The van der Waals surface area contributed by atoms with E-state index in [1.54, 1.807) is 18.2 Å². The van der Waals surface area contributed by atoms with Gasteiger partial charge in [-0.1, -0.05) is 6.07 Å². The highest BCUT2D eigenvalue weighted by atomic mass is 16.4. The summed E-state index contributed by atoms with van der Waals surface area (Å²) in [4.78, 5) is 44.7. The number of aromatic amines is 2. The van der Waals surface area contributed by atoms with E-state index in [4.69, 9.17) is 5.11 Å². The molecule has 2 heterocycles. The van der Waals surface area contributed by atoms with Gasteiger partial charge < -0.3 is 10.4 Å². The Labute approximate surface area is 170 Å². The van der Waals surface area contributed by atoms with Gasteiger partial charge in [0.25, 0.3) is 5.56 Å². The normalized spacial score (nSPS) is 11.1. The number of carbonyl (C=O) groups is 1. The zero-order valence-electron chi connectivity index (χ0n) is 16.4. The summed E-state index contributed by atoms with van der Waals surface area (Å²) in [5, 5.41) is 12.3. The minimum Gasteiger partial charge on any atom is -0.478 e. The molecule has 0 saturated carbocycles. The van der Waals surface area contributed by atoms with E-state index in [2.05, 4.69) is 20.3 Å². The van der Waals surface area contributed by atoms with Gasteiger partial charge in [-0.15, -0.1) is 0 Å². The van der Waals surface area contributed by atoms with Gasteiger partial charge in [-0.05, 0) is 55.3 Å². The number of fused-ring (bicyclic) bond motifs is 2. The third-order valence-corrected chi connectivity index (χ3v) is 5.06. The van der Waals surface area contributed by atoms with Crippen molar-refractivity contribution in [2.75, 3.05) is 11.9 Å². The molecule has 0 spiro atoms. The number of aryl methyl sites for hydroxylation is 2. The van der Waals surface area contributed by atoms with Crippen LogP contribution in [0, 0.1) is 13.8 Å². The first kappa shape index (κ1) is 19.3. The van der Waals surface area contributed by atoms with Crippen LogP contribution in [0.5, 0.6) is 0 Å². The van der Waals surface area contributed by atoms with Crippen molar-refractivity contribution in [2.24, 2.45) is 0 Å². The van der Waals surface area contributed by atoms with E-state index < -0.39 is 17.2 Å². The van der Waals surface area contributed by atoms with Crippen LogP contribution in [-0.2, 0) is 6.54 Å². The van der Waals surface area contributed by atoms with Crippen LogP contribution >= 0.6 is 0 Å². The molecule has 0 unspecified atom stereocenters. The number of hydrogen-bond acceptors (Lipinski definition) is 5. The van der Waals surface area contributed by atoms with Crippen LogP contribution in [0.3, 0.4) is 0 Å². The Kier molecular flexibility index (Phi) is 4.78. The number of nitrogens with one attached hydrogen (secondary N) is 3. The first-order valence-electron chi connectivity index (χ1n) is 9.38. The molecule has 9 heteroatoms. The average molecular weight is 406 g/mol. The van der Waals surface area contributed by atoms with Crippen molar-refractivity contribution in [2.45, 2.75) is 20.4 Å². The van der Waals surface area contributed by atoms with Crippen molar-refractivity contribution in [1.82, 2.24) is 15.0 Å². The van der Waals surface area contributed by atoms with Crippen molar-refractivity contribution >= 4 is 33.9 Å². The smallest absolute Gasteiger partial charge is 0.413 e. The summed E-state index contributed by atoms with van der Waals surface area (Å²) >= 11 is 0. The van der Waals surface area contributed by atoms with Gasteiger partial charge in [0.05, 0.1) is 12.1 Å². The lowest BCUT2D eigenvalue weighted by atomic mass is 10.1. The van der Waals surface area contributed by atoms with E-state index >= 15 is 0 Å². The summed E-state index contributed by atoms with van der Waals surface area (Å²) in [5.41, 5.74) is 3.73. The Morgan fingerprint density at radius 2 is 1.90 bits per heavy atom. The van der Waals surface area contributed by atoms with Crippen LogP contribution in [0.15, 0.2) is 46.0 Å². The van der Waals surface area contributed by atoms with Crippen LogP contribution < -0.4 is 21.1 Å². The maximum absolute atomic E-state index is 12.3. The van der Waals surface area contributed by atoms with E-state index in [0.29, 0.717) is 29.9 Å². The highest BCUT2D eigenvalue weighted by Crippen LogP contribution is 2.16. The summed E-state index contributed by atoms with van der Waals surface area (Å²) in [5.74, 6) is -0.998. The molecule has 4 rings (SSSR count). The molecule has 2 aromatic heterocycles. The Balaban J connectivity index is 1.78. The maximum atomic E-state index is 12.3. The van der Waals surface area contributed by atoms with E-state index in [1.165, 1.54) is 6.07 Å². The summed E-state index contributed by atoms with van der Waals surface area (Å²) in [6, 6.07) is 10.4. The number of carboxylic acid groups (broad SMARTS) is 1. The number of aromatic carboxylic acids is 1. The molecule has 9 nitrogen and oxygen atoms in total. The molecular weight excluding hydrogens is 386 g/mol. The fourth-order valence-electron chi connectivity index (χ4n) is 3.41. The number of anilines is 1. The molecule has 30 heavy (non-hydrogen) atoms. The predicted octanol–water partition coefficient (Wildman–Crippen LogP) is 1.48. The van der Waals surface area contributed by atoms with Crippen molar-refractivity contribution in [3.8, 4) is 0 Å². The summed E-state index contributed by atoms with van der Waals surface area (Å²) in [6.07, 6.45) is 0. The molecule has 4 N–H and O–H groups in total. The largest absolute Gasteiger partial charge is 0.478 e. The number of aromatic nitrogens is 4. The van der Waals surface area contributed by atoms with Crippen molar-refractivity contribution in [3.05, 3.63) is 73.9 Å². The number of H-pyrrole nitrogens is 2. The topological polar surface area (TPSA) is 132 Å². The van der Waals surface area contributed by atoms with Crippen molar-refractivity contribution in [3.63, 3.8) is 0 Å². The van der Waals surface area contributed by atoms with Crippen LogP contribution in [0.2, 0.25) is 0 Å². The molecule has 0 atom stereocenters. The first-order valence-corrected chi connectivity index (χ1v) is 9.38. The maximum Gasteiger partial charge on any atom is 0.413 e. The van der Waals surface area contributed by atoms with Crippen LogP contribution in [0.4, 0.5) is 5.69 Å². The molecule has 0 aliphatic carbocycles. The molecule has 4 aromatic rings. The molecule has 0 aliphatic rings. The third-order valence-electron chi connectivity index (χ3n) is 5.06. The van der Waals surface area contributed by atoms with Gasteiger partial charge in [-0.3, -0.25) is 9.78 Å². The lowest BCUT2D eigenvalue weighted by Gasteiger charge is -2.11. The van der Waals surface area contributed by atoms with Gasteiger partial charge in [0.15, 0.2) is 5.52 Å². The lowest BCUT2D eigenvalue weighted by molar-refractivity contribution is -0.644. The van der Waals surface area contributed by atoms with Crippen LogP contribution in [-0.4, -0.2) is 32.6 Å². The Morgan fingerprint density at radius 3 is 2.67 bits per heavy atom. The number of benzene rings is 2. The molecule has 152 valence electrons. The lowest BCUT2D eigenvalue weighted by Crippen LogP contribution is -2.43. The number of nitrogens with zero attached hydrogens (tertiary/aromatic N) is 2. The SMILES string of the molecule is Cc1cc2nc3c(=O)[nH]c(=O)[nH]c3[n+](CCNc3cccc(C(=O)O)c3)c2cc1C. The van der Waals surface area contributed by atoms with E-state index in [9.17, 15) is 14.4 Å². The zero-order valence-corrected chi connectivity index (χ0v) is 16.4. The fraction of sp³-hybridized carbons (Fsp3) is 0.190. The summed E-state index contributed by atoms with van der Waals surface area (Å²) < 4.78 is 1.84. The number of carboxylic acids is 1. The van der Waals surface area contributed by atoms with Gasteiger partial charge in [0.2, 0.25) is 5.52 Å². The van der Waals surface area contributed by atoms with Crippen molar-refractivity contribution < 1.29 is 14.5 Å². The quantitative estimate of drug-likeness (QED) is 0.293. The number of rotatable bonds is 5. The van der Waals surface area contributed by atoms with Crippen LogP contribution in [0.1, 0.15) is 21.5 Å². The second-order valence-corrected chi connectivity index (χ2v) is 7.11. The minimum absolute atomic E-state index is 0.151. The summed E-state index contributed by atoms with van der Waals surface area (Å²) in [7, 11) is 0. The molecule has 0 fully saturated rings. The van der Waals surface area contributed by atoms with Gasteiger partial charge in [0.1, 0.15) is 12.1 Å². The molecule has 0 amide bonds. The second kappa shape index (κ2) is 7.43. The number of hydrogen-bond donors (Lipinski definition) is 4. The van der Waals surface area contributed by atoms with Gasteiger partial charge in [-0.2, -0.15) is 4.98 Å². The van der Waals surface area contributed by atoms with E-state index in [0.717, 1.165) is 16.6 Å². The first-order chi connectivity index (χ1) is 14.3. The minimum atomic E-state index is -0.998. The Bertz CT molecular complexity index is 1420. The second-order valence-electron chi connectivity index (χ2n) is 7.11. The fourth-order valence-corrected chi connectivity index (χ4v) is 3.41. The highest BCUT2D eigenvalue weighted by molar-refractivity contribution is 5.88. The molecule has 2 aromatic carbocycles. The van der Waals surface area contributed by atoms with E-state index in [-0.39, 0.29) is 11.1 Å². The van der Waals surface area contributed by atoms with Gasteiger partial charge >= 0.3 is 17.3 Å². The highest BCUT2D eigenvalue weighted by Gasteiger charge is 2.19. The molecule has 0 radical (unpaired) electrons. The third kappa shape index (κ3) is 3.52. The standard InChI is InChI=1S/C21H19N5O4/c1-11-8-15-16(9-12(11)2)26(18-17(23-15)19(27)25-21(30)24-18)7-6-22-14-5-3-4-13(10-14)20(28)29/h3-5,8-10,22H,6-7H2,1-2H3,(H2,25,27,28,29,30)/p+1. The van der Waals surface area contributed by atoms with Crippen molar-refractivity contribution in [1.29, 1.82) is 0 Å². The van der Waals surface area contributed by atoms with Gasteiger partial charge in [0, 0.05) is 5.69 Å². The monoisotopic (exact) mass is 406 g/mol. The molecule has 0 aliphatic heterocycles. The Hall–Kier alpha value is -4.01. The predicted molar refractivity (Wildman–Crippen MR) is 112 cm³/mol. The average Bonchev–Trinajstić information content (AvgIpc) is 2.70. The molecule has 0 saturated heterocycles. The molecule has 0 bridgehead atoms. The van der Waals surface area contributed by atoms with Crippen LogP contribution in [0.25, 0.3) is 22.2 Å². The zero-order chi connectivity index (χ0) is 21.4. The Morgan fingerprint density at radius 1 is 1.13 bits per heavy atom.